The molecule has 0 aromatic rings. The average molecular weight is 193 g/mol. The molecule has 0 aromatic carbocycles. The van der Waals surface area contributed by atoms with Crippen molar-refractivity contribution >= 4 is 12.2 Å². The molecule has 0 bridgehead atoms. The summed E-state index contributed by atoms with van der Waals surface area (Å²) in [7, 11) is 0. The Morgan fingerprint density at radius 2 is 1.62 bits per heavy atom. The normalized spacial score (nSPS) is 20.0. The van der Waals surface area contributed by atoms with E-state index in [2.05, 4.69) is 5.73 Å². The highest BCUT2D eigenvalue weighted by Gasteiger charge is 2.32. The Kier molecular flexibility index (Phi) is 4.49. The van der Waals surface area contributed by atoms with Crippen molar-refractivity contribution < 1.29 is 30.0 Å². The fraction of sp³-hybridized carbons (Fsp3) is 0.667. The van der Waals surface area contributed by atoms with E-state index in [0.717, 1.165) is 0 Å². The van der Waals surface area contributed by atoms with Crippen LogP contribution in [0.3, 0.4) is 0 Å². The van der Waals surface area contributed by atoms with Gasteiger partial charge < -0.3 is 31.0 Å². The molecule has 0 heterocycles. The van der Waals surface area contributed by atoms with E-state index in [4.69, 9.17) is 20.4 Å². The van der Waals surface area contributed by atoms with Crippen molar-refractivity contribution in [2.45, 2.75) is 24.4 Å². The maximum absolute atomic E-state index is 10.3. The summed E-state index contributed by atoms with van der Waals surface area (Å²) in [6.45, 7) is 0. The number of aliphatic hydroxyl groups excluding tert-OH is 4. The molecule has 0 radical (unpaired) electrons. The van der Waals surface area contributed by atoms with Crippen LogP contribution < -0.4 is 5.73 Å². The maximum Gasteiger partial charge on any atom is 0.249 e. The van der Waals surface area contributed by atoms with Gasteiger partial charge in [0.15, 0.2) is 12.4 Å². The Balaban J connectivity index is 4.32. The summed E-state index contributed by atoms with van der Waals surface area (Å²) < 4.78 is 0. The van der Waals surface area contributed by atoms with Gasteiger partial charge in [0.1, 0.15) is 18.3 Å². The van der Waals surface area contributed by atoms with Crippen molar-refractivity contribution in [1.82, 2.24) is 0 Å². The lowest BCUT2D eigenvalue weighted by molar-refractivity contribution is -0.147. The van der Waals surface area contributed by atoms with Crippen molar-refractivity contribution in [3.8, 4) is 0 Å². The predicted octanol–water partition coefficient (Wildman–Crippen LogP) is -3.89. The molecule has 0 rings (SSSR count). The second-order valence-corrected chi connectivity index (χ2v) is 2.46. The van der Waals surface area contributed by atoms with Crippen molar-refractivity contribution in [2.24, 2.45) is 5.73 Å². The number of hydrogen-bond donors (Lipinski definition) is 5. The molecule has 0 spiro atoms. The molecular weight excluding hydrogens is 182 g/mol. The van der Waals surface area contributed by atoms with E-state index in [-0.39, 0.29) is 6.29 Å². The zero-order valence-electron chi connectivity index (χ0n) is 6.57. The molecule has 0 aliphatic rings. The second kappa shape index (κ2) is 4.87. The number of primary amides is 1. The molecule has 1 amide bonds. The van der Waals surface area contributed by atoms with Gasteiger partial charge in [-0.1, -0.05) is 0 Å². The van der Waals surface area contributed by atoms with Gasteiger partial charge in [0.25, 0.3) is 0 Å². The first kappa shape index (κ1) is 12.0. The molecule has 0 unspecified atom stereocenters. The molecule has 0 aromatic heterocycles. The summed E-state index contributed by atoms with van der Waals surface area (Å²) >= 11 is 0. The van der Waals surface area contributed by atoms with Gasteiger partial charge in [0.2, 0.25) is 5.91 Å². The molecule has 0 saturated heterocycles. The minimum absolute atomic E-state index is 0.0401. The third-order valence-electron chi connectivity index (χ3n) is 1.45. The van der Waals surface area contributed by atoms with Crippen LogP contribution in [0.4, 0.5) is 0 Å². The van der Waals surface area contributed by atoms with E-state index in [0.29, 0.717) is 0 Å². The fourth-order valence-corrected chi connectivity index (χ4v) is 0.638. The first-order chi connectivity index (χ1) is 5.91. The topological polar surface area (TPSA) is 141 Å². The molecule has 0 saturated carbocycles. The van der Waals surface area contributed by atoms with E-state index < -0.39 is 30.3 Å². The monoisotopic (exact) mass is 193 g/mol. The SMILES string of the molecule is NC(=O)[C@@H](O)[C@@H](O)[C@@H](O)[C@H](O)C=O. The maximum atomic E-state index is 10.3. The lowest BCUT2D eigenvalue weighted by Crippen LogP contribution is -2.49. The Morgan fingerprint density at radius 1 is 1.15 bits per heavy atom. The fourth-order valence-electron chi connectivity index (χ4n) is 0.638. The van der Waals surface area contributed by atoms with E-state index in [1.54, 1.807) is 0 Å². The highest BCUT2D eigenvalue weighted by atomic mass is 16.4. The Morgan fingerprint density at radius 3 is 1.92 bits per heavy atom. The van der Waals surface area contributed by atoms with Crippen molar-refractivity contribution in [2.75, 3.05) is 0 Å². The third-order valence-corrected chi connectivity index (χ3v) is 1.45. The zero-order valence-corrected chi connectivity index (χ0v) is 6.57. The highest BCUT2D eigenvalue weighted by molar-refractivity contribution is 5.79. The van der Waals surface area contributed by atoms with Crippen LogP contribution in [0.1, 0.15) is 0 Å². The van der Waals surface area contributed by atoms with Crippen LogP contribution in [0.5, 0.6) is 0 Å². The van der Waals surface area contributed by atoms with Gasteiger partial charge in [-0.15, -0.1) is 0 Å². The standard InChI is InChI=1S/C6H11NO6/c7-6(13)5(12)4(11)3(10)2(9)1-8/h1-5,9-12H,(H2,7,13)/t2-,3+,4+,5+/m1/s1. The number of rotatable bonds is 5. The van der Waals surface area contributed by atoms with E-state index >= 15 is 0 Å². The Bertz CT molecular complexity index is 196. The summed E-state index contributed by atoms with van der Waals surface area (Å²) in [6, 6.07) is 0. The molecule has 6 N–H and O–H groups in total. The zero-order chi connectivity index (χ0) is 10.6. The van der Waals surface area contributed by atoms with E-state index in [1.165, 1.54) is 0 Å². The summed E-state index contributed by atoms with van der Waals surface area (Å²) in [4.78, 5) is 20.2. The summed E-state index contributed by atoms with van der Waals surface area (Å²) in [5, 5.41) is 35.3. The molecule has 7 nitrogen and oxygen atoms in total. The Labute approximate surface area is 73.4 Å². The van der Waals surface area contributed by atoms with Gasteiger partial charge in [-0.3, -0.25) is 4.79 Å². The van der Waals surface area contributed by atoms with Crippen LogP contribution in [-0.2, 0) is 9.59 Å². The van der Waals surface area contributed by atoms with Gasteiger partial charge in [-0.2, -0.15) is 0 Å². The molecule has 4 atom stereocenters. The lowest BCUT2D eigenvalue weighted by atomic mass is 10.0. The van der Waals surface area contributed by atoms with Gasteiger partial charge in [-0.05, 0) is 0 Å². The van der Waals surface area contributed by atoms with Crippen LogP contribution in [-0.4, -0.2) is 57.0 Å². The summed E-state index contributed by atoms with van der Waals surface area (Å²) in [6.07, 6.45) is -7.87. The number of carbonyl (C=O) groups excluding carboxylic acids is 2. The van der Waals surface area contributed by atoms with Crippen LogP contribution >= 0.6 is 0 Å². The number of carbonyl (C=O) groups is 2. The first-order valence-corrected chi connectivity index (χ1v) is 3.38. The molecule has 0 aliphatic heterocycles. The number of aliphatic hydroxyl groups is 4. The minimum atomic E-state index is -2.02. The number of amides is 1. The minimum Gasteiger partial charge on any atom is -0.387 e. The largest absolute Gasteiger partial charge is 0.387 e. The summed E-state index contributed by atoms with van der Waals surface area (Å²) in [5.74, 6) is -1.26. The Hall–Kier alpha value is -1.02. The molecule has 0 fully saturated rings. The van der Waals surface area contributed by atoms with Crippen molar-refractivity contribution in [3.63, 3.8) is 0 Å². The van der Waals surface area contributed by atoms with Crippen molar-refractivity contribution in [1.29, 1.82) is 0 Å². The number of aldehydes is 1. The smallest absolute Gasteiger partial charge is 0.249 e. The molecular formula is C6H11NO6. The average Bonchev–Trinajstić information content (AvgIpc) is 2.12. The highest BCUT2D eigenvalue weighted by Crippen LogP contribution is 2.03. The number of nitrogens with two attached hydrogens (primary N) is 1. The molecule has 13 heavy (non-hydrogen) atoms. The number of hydrogen-bond acceptors (Lipinski definition) is 6. The lowest BCUT2D eigenvalue weighted by Gasteiger charge is -2.21. The van der Waals surface area contributed by atoms with E-state index in [1.807, 2.05) is 0 Å². The van der Waals surface area contributed by atoms with Gasteiger partial charge in [-0.25, -0.2) is 0 Å². The second-order valence-electron chi connectivity index (χ2n) is 2.46. The molecule has 0 aliphatic carbocycles. The molecule has 7 heteroatoms. The molecule has 76 valence electrons. The van der Waals surface area contributed by atoms with Crippen molar-refractivity contribution in [3.05, 3.63) is 0 Å². The van der Waals surface area contributed by atoms with Crippen LogP contribution in [0.2, 0.25) is 0 Å². The first-order valence-electron chi connectivity index (χ1n) is 3.38. The van der Waals surface area contributed by atoms with Gasteiger partial charge >= 0.3 is 0 Å². The van der Waals surface area contributed by atoms with Crippen LogP contribution in [0.25, 0.3) is 0 Å². The quantitative estimate of drug-likeness (QED) is 0.283. The van der Waals surface area contributed by atoms with Crippen LogP contribution in [0.15, 0.2) is 0 Å². The van der Waals surface area contributed by atoms with Gasteiger partial charge in [0.05, 0.1) is 0 Å². The van der Waals surface area contributed by atoms with Crippen LogP contribution in [0, 0.1) is 0 Å². The van der Waals surface area contributed by atoms with Gasteiger partial charge in [0, 0.05) is 0 Å². The summed E-state index contributed by atoms with van der Waals surface area (Å²) in [5.41, 5.74) is 4.59. The van der Waals surface area contributed by atoms with E-state index in [9.17, 15) is 9.59 Å². The predicted molar refractivity (Wildman–Crippen MR) is 39.3 cm³/mol. The third kappa shape index (κ3) is 3.07.